The van der Waals surface area contributed by atoms with Crippen LogP contribution in [0.5, 0.6) is 5.75 Å². The molecule has 1 aromatic carbocycles. The Morgan fingerprint density at radius 1 is 1.21 bits per heavy atom. The van der Waals surface area contributed by atoms with Crippen LogP contribution in [-0.4, -0.2) is 92.6 Å². The highest BCUT2D eigenvalue weighted by Crippen LogP contribution is 2.33. The monoisotopic (exact) mass is 562 g/mol. The van der Waals surface area contributed by atoms with Crippen molar-refractivity contribution in [1.29, 1.82) is 0 Å². The van der Waals surface area contributed by atoms with Crippen molar-refractivity contribution < 1.29 is 27.9 Å². The van der Waals surface area contributed by atoms with Gasteiger partial charge in [-0.3, -0.25) is 19.8 Å². The molecule has 13 heteroatoms. The average Bonchev–Trinajstić information content (AvgIpc) is 3.19. The van der Waals surface area contributed by atoms with E-state index in [2.05, 4.69) is 22.8 Å². The van der Waals surface area contributed by atoms with E-state index in [0.29, 0.717) is 62.8 Å². The molecule has 1 fully saturated rings. The van der Waals surface area contributed by atoms with E-state index >= 15 is 0 Å². The number of hydrogen-bond donors (Lipinski definition) is 3. The quantitative estimate of drug-likeness (QED) is 0.276. The lowest BCUT2D eigenvalue weighted by atomic mass is 10.1. The van der Waals surface area contributed by atoms with Crippen LogP contribution < -0.4 is 15.5 Å². The summed E-state index contributed by atoms with van der Waals surface area (Å²) in [6.07, 6.45) is 2.40. The predicted molar refractivity (Wildman–Crippen MR) is 147 cm³/mol. The molecule has 0 aliphatic carbocycles. The summed E-state index contributed by atoms with van der Waals surface area (Å²) in [4.78, 5) is 20.4. The molecule has 0 radical (unpaired) electrons. The Balaban J connectivity index is 1.71. The van der Waals surface area contributed by atoms with E-state index in [1.165, 1.54) is 11.4 Å². The number of aliphatic hydroxyl groups is 1. The SMILES string of the molecule is CCCc1c(/C=N/OC)c(C)c2n1NC(c1cc(S(=O)(=O)N3CCN(CCO)CC3)ccc1OCC)NC2=O. The van der Waals surface area contributed by atoms with Gasteiger partial charge in [0.05, 0.1) is 24.3 Å². The van der Waals surface area contributed by atoms with Crippen LogP contribution in [0.3, 0.4) is 0 Å². The molecule has 0 spiro atoms. The van der Waals surface area contributed by atoms with E-state index in [-0.39, 0.29) is 17.4 Å². The minimum atomic E-state index is -3.79. The van der Waals surface area contributed by atoms with Crippen molar-refractivity contribution in [2.45, 2.75) is 44.7 Å². The van der Waals surface area contributed by atoms with Gasteiger partial charge in [0.25, 0.3) is 5.91 Å². The van der Waals surface area contributed by atoms with Gasteiger partial charge in [0, 0.05) is 49.5 Å². The standard InChI is InChI=1S/C26H38N6O6S/c1-5-7-22-21(17-27-37-4)18(3)24-26(34)28-25(29-32(22)24)20-16-19(8-9-23(20)38-6-2)39(35,36)31-12-10-30(11-13-31)14-15-33/h8-9,16-17,25,29,33H,5-7,10-15H2,1-4H3,(H,28,34)/b27-17+. The smallest absolute Gasteiger partial charge is 0.272 e. The van der Waals surface area contributed by atoms with Gasteiger partial charge in [-0.1, -0.05) is 18.5 Å². The number of nitrogens with one attached hydrogen (secondary N) is 2. The Morgan fingerprint density at radius 3 is 2.59 bits per heavy atom. The number of sulfonamides is 1. The van der Waals surface area contributed by atoms with Crippen LogP contribution in [0.2, 0.25) is 0 Å². The molecule has 3 heterocycles. The number of β-amino-alcohol motifs (C(OH)–C–C–N with tert-alkyl or cyclic N) is 1. The summed E-state index contributed by atoms with van der Waals surface area (Å²) in [5, 5.41) is 16.1. The molecule has 12 nitrogen and oxygen atoms in total. The van der Waals surface area contributed by atoms with Crippen LogP contribution in [0.15, 0.2) is 28.3 Å². The van der Waals surface area contributed by atoms with Crippen LogP contribution in [0, 0.1) is 6.92 Å². The second kappa shape index (κ2) is 12.4. The van der Waals surface area contributed by atoms with E-state index < -0.39 is 16.2 Å². The van der Waals surface area contributed by atoms with Crippen molar-refractivity contribution in [1.82, 2.24) is 19.2 Å². The lowest BCUT2D eigenvalue weighted by Gasteiger charge is -2.34. The zero-order valence-electron chi connectivity index (χ0n) is 22.9. The Morgan fingerprint density at radius 2 is 1.95 bits per heavy atom. The maximum absolute atomic E-state index is 13.6. The number of benzene rings is 1. The second-order valence-electron chi connectivity index (χ2n) is 9.47. The van der Waals surface area contributed by atoms with Crippen LogP contribution >= 0.6 is 0 Å². The molecule has 39 heavy (non-hydrogen) atoms. The maximum atomic E-state index is 13.6. The largest absolute Gasteiger partial charge is 0.493 e. The van der Waals surface area contributed by atoms with Crippen molar-refractivity contribution >= 4 is 22.1 Å². The van der Waals surface area contributed by atoms with Crippen LogP contribution in [-0.2, 0) is 21.3 Å². The minimum Gasteiger partial charge on any atom is -0.493 e. The second-order valence-corrected chi connectivity index (χ2v) is 11.4. The van der Waals surface area contributed by atoms with Gasteiger partial charge in [-0.05, 0) is 44.0 Å². The van der Waals surface area contributed by atoms with Crippen molar-refractivity contribution in [3.63, 3.8) is 0 Å². The fourth-order valence-corrected chi connectivity index (χ4v) is 6.59. The molecule has 4 rings (SSSR count). The van der Waals surface area contributed by atoms with Gasteiger partial charge >= 0.3 is 0 Å². The fraction of sp³-hybridized carbons (Fsp3) is 0.538. The molecule has 214 valence electrons. The van der Waals surface area contributed by atoms with Crippen molar-refractivity contribution in [2.75, 3.05) is 58.5 Å². The molecule has 1 unspecified atom stereocenters. The van der Waals surface area contributed by atoms with Crippen LogP contribution in [0.25, 0.3) is 0 Å². The number of oxime groups is 1. The van der Waals surface area contributed by atoms with E-state index in [1.54, 1.807) is 29.1 Å². The molecular weight excluding hydrogens is 524 g/mol. The topological polar surface area (TPSA) is 138 Å². The number of hydrogen-bond acceptors (Lipinski definition) is 9. The lowest BCUT2D eigenvalue weighted by Crippen LogP contribution is -2.49. The molecule has 1 aromatic heterocycles. The molecule has 3 N–H and O–H groups in total. The van der Waals surface area contributed by atoms with E-state index in [1.807, 2.05) is 18.7 Å². The Labute approximate surface area is 229 Å². The van der Waals surface area contributed by atoms with Crippen molar-refractivity contribution in [3.8, 4) is 5.75 Å². The molecule has 0 bridgehead atoms. The number of aromatic nitrogens is 1. The van der Waals surface area contributed by atoms with Crippen LogP contribution in [0.1, 0.15) is 59.3 Å². The summed E-state index contributed by atoms with van der Waals surface area (Å²) in [7, 11) is -2.32. The molecule has 2 aliphatic heterocycles. The van der Waals surface area contributed by atoms with Gasteiger partial charge < -0.3 is 20.0 Å². The number of carbonyl (C=O) groups excluding carboxylic acids is 1. The number of piperazine rings is 1. The molecule has 2 aromatic rings. The number of nitrogens with zero attached hydrogens (tertiary/aromatic N) is 4. The van der Waals surface area contributed by atoms with E-state index in [9.17, 15) is 18.3 Å². The Hall–Kier alpha value is -3.13. The zero-order valence-corrected chi connectivity index (χ0v) is 23.8. The summed E-state index contributed by atoms with van der Waals surface area (Å²) in [5.41, 5.74) is 6.81. The fourth-order valence-electron chi connectivity index (χ4n) is 5.13. The number of aliphatic hydroxyl groups excluding tert-OH is 1. The molecule has 1 amide bonds. The Bertz CT molecular complexity index is 1320. The first kappa shape index (κ1) is 28.9. The van der Waals surface area contributed by atoms with Gasteiger partial charge in [-0.25, -0.2) is 8.42 Å². The molecule has 0 saturated carbocycles. The number of carbonyl (C=O) groups is 1. The first-order valence-electron chi connectivity index (χ1n) is 13.2. The summed E-state index contributed by atoms with van der Waals surface area (Å²) >= 11 is 0. The van der Waals surface area contributed by atoms with Crippen molar-refractivity contribution in [3.05, 3.63) is 46.3 Å². The minimum absolute atomic E-state index is 0.0401. The molecule has 1 atom stereocenters. The van der Waals surface area contributed by atoms with Gasteiger partial charge in [0.2, 0.25) is 10.0 Å². The van der Waals surface area contributed by atoms with Gasteiger partial charge in [-0.15, -0.1) is 0 Å². The molecule has 1 saturated heterocycles. The first-order valence-corrected chi connectivity index (χ1v) is 14.7. The lowest BCUT2D eigenvalue weighted by molar-refractivity contribution is 0.0913. The van der Waals surface area contributed by atoms with Crippen molar-refractivity contribution in [2.24, 2.45) is 5.16 Å². The van der Waals surface area contributed by atoms with Gasteiger partial charge in [0.15, 0.2) is 0 Å². The average molecular weight is 563 g/mol. The Kier molecular flexibility index (Phi) is 9.15. The summed E-state index contributed by atoms with van der Waals surface area (Å²) in [5.74, 6) is 0.189. The van der Waals surface area contributed by atoms with E-state index in [4.69, 9.17) is 9.57 Å². The maximum Gasteiger partial charge on any atom is 0.272 e. The predicted octanol–water partition coefficient (Wildman–Crippen LogP) is 1.41. The summed E-state index contributed by atoms with van der Waals surface area (Å²) in [6, 6.07) is 4.76. The van der Waals surface area contributed by atoms with Crippen LogP contribution in [0.4, 0.5) is 0 Å². The summed E-state index contributed by atoms with van der Waals surface area (Å²) in [6.45, 7) is 8.47. The van der Waals surface area contributed by atoms with E-state index in [0.717, 1.165) is 23.2 Å². The summed E-state index contributed by atoms with van der Waals surface area (Å²) < 4.78 is 36.3. The number of rotatable bonds is 11. The van der Waals surface area contributed by atoms with Gasteiger partial charge in [-0.2, -0.15) is 4.31 Å². The third-order valence-electron chi connectivity index (χ3n) is 7.06. The third kappa shape index (κ3) is 5.76. The zero-order chi connectivity index (χ0) is 28.2. The number of fused-ring (bicyclic) bond motifs is 1. The highest BCUT2D eigenvalue weighted by Gasteiger charge is 2.34. The highest BCUT2D eigenvalue weighted by molar-refractivity contribution is 7.89. The molecule has 2 aliphatic rings. The third-order valence-corrected chi connectivity index (χ3v) is 8.96. The number of amides is 1. The molecular formula is C26H38N6O6S. The first-order chi connectivity index (χ1) is 18.8. The highest BCUT2D eigenvalue weighted by atomic mass is 32.2. The van der Waals surface area contributed by atoms with Gasteiger partial charge in [0.1, 0.15) is 24.7 Å². The number of ether oxygens (including phenoxy) is 1. The normalized spacial score (nSPS) is 18.6.